The summed E-state index contributed by atoms with van der Waals surface area (Å²) in [5.74, 6) is 1.09. The van der Waals surface area contributed by atoms with Gasteiger partial charge >= 0.3 is 0 Å². The van der Waals surface area contributed by atoms with Gasteiger partial charge in [0.25, 0.3) is 0 Å². The van der Waals surface area contributed by atoms with Crippen molar-refractivity contribution in [1.82, 2.24) is 9.88 Å². The lowest BCUT2D eigenvalue weighted by atomic mass is 9.89. The summed E-state index contributed by atoms with van der Waals surface area (Å²) in [5, 5.41) is 16.7. The van der Waals surface area contributed by atoms with Gasteiger partial charge in [-0.2, -0.15) is 0 Å². The average molecular weight is 713 g/mol. The topological polar surface area (TPSA) is 41.4 Å². The number of anilines is 1. The number of fused-ring (bicyclic) bond motifs is 8. The highest BCUT2D eigenvalue weighted by atomic mass is 32.2. The molecule has 3 heterocycles. The molecule has 3 atom stereocenters. The second-order valence-corrected chi connectivity index (χ2v) is 15.5. The molecule has 3 aliphatic rings. The van der Waals surface area contributed by atoms with Gasteiger partial charge in [-0.05, 0) is 70.1 Å². The summed E-state index contributed by atoms with van der Waals surface area (Å²) in [4.78, 5) is 6.80. The minimum Gasteiger partial charge on any atom is -0.368 e. The van der Waals surface area contributed by atoms with Crippen molar-refractivity contribution >= 4 is 73.6 Å². The third-order valence-electron chi connectivity index (χ3n) is 11.2. The number of amidine groups is 1. The summed E-state index contributed by atoms with van der Waals surface area (Å²) in [6.07, 6.45) is 8.15. The van der Waals surface area contributed by atoms with Gasteiger partial charge in [0.05, 0.1) is 22.6 Å². The van der Waals surface area contributed by atoms with Gasteiger partial charge in [0.15, 0.2) is 0 Å². The lowest BCUT2D eigenvalue weighted by Gasteiger charge is -2.27. The SMILES string of the molecule is C1=C(c2ccccc2)NC(c2ccc3c(ccc4ccc5c(c43)NC(c3ccccc3)S5)c2)=NC1C1C=c2c(c3ccccc3n2-c2ccccc2)=CC1. The molecule has 0 saturated heterocycles. The van der Waals surface area contributed by atoms with Gasteiger partial charge in [0.2, 0.25) is 0 Å². The van der Waals surface area contributed by atoms with Crippen molar-refractivity contribution in [3.8, 4) is 5.69 Å². The van der Waals surface area contributed by atoms with E-state index in [2.05, 4.69) is 191 Å². The summed E-state index contributed by atoms with van der Waals surface area (Å²) >= 11 is 1.89. The fourth-order valence-electron chi connectivity index (χ4n) is 8.58. The number of aromatic nitrogens is 1. The Balaban J connectivity index is 1.02. The van der Waals surface area contributed by atoms with E-state index >= 15 is 0 Å². The lowest BCUT2D eigenvalue weighted by molar-refractivity contribution is 0.614. The van der Waals surface area contributed by atoms with Gasteiger partial charge in [-0.15, -0.1) is 0 Å². The van der Waals surface area contributed by atoms with Crippen LogP contribution in [-0.4, -0.2) is 16.4 Å². The smallest absolute Gasteiger partial charge is 0.133 e. The molecule has 5 heteroatoms. The number of nitrogens with one attached hydrogen (secondary N) is 2. The molecule has 3 unspecified atom stereocenters. The van der Waals surface area contributed by atoms with Crippen molar-refractivity contribution in [3.05, 3.63) is 191 Å². The van der Waals surface area contributed by atoms with Crippen molar-refractivity contribution < 1.29 is 0 Å². The number of hydrogen-bond donors (Lipinski definition) is 2. The Labute approximate surface area is 317 Å². The molecule has 2 aliphatic heterocycles. The van der Waals surface area contributed by atoms with Gasteiger partial charge in [-0.25, -0.2) is 0 Å². The zero-order valence-corrected chi connectivity index (χ0v) is 30.3. The Morgan fingerprint density at radius 3 is 2.24 bits per heavy atom. The Kier molecular flexibility index (Phi) is 7.34. The quantitative estimate of drug-likeness (QED) is 0.175. The Morgan fingerprint density at radius 2 is 1.39 bits per heavy atom. The van der Waals surface area contributed by atoms with Crippen molar-refractivity contribution in [2.75, 3.05) is 5.32 Å². The summed E-state index contributed by atoms with van der Waals surface area (Å²) in [6.45, 7) is 0. The van der Waals surface area contributed by atoms with Crippen LogP contribution in [0.15, 0.2) is 174 Å². The van der Waals surface area contributed by atoms with E-state index in [4.69, 9.17) is 4.99 Å². The maximum Gasteiger partial charge on any atom is 0.133 e. The molecule has 0 radical (unpaired) electrons. The van der Waals surface area contributed by atoms with Crippen LogP contribution < -0.4 is 21.2 Å². The minimum absolute atomic E-state index is 0.0465. The zero-order valence-electron chi connectivity index (χ0n) is 29.5. The molecule has 0 amide bonds. The third-order valence-corrected chi connectivity index (χ3v) is 12.4. The molecule has 0 spiro atoms. The van der Waals surface area contributed by atoms with Crippen LogP contribution in [0.3, 0.4) is 0 Å². The molecule has 258 valence electrons. The first kappa shape index (κ1) is 31.2. The fraction of sp³-hybridized carbons (Fsp3) is 0.0816. The van der Waals surface area contributed by atoms with E-state index in [1.807, 2.05) is 11.8 Å². The second kappa shape index (κ2) is 12.7. The number of aliphatic imine (C=N–C) groups is 1. The predicted octanol–water partition coefficient (Wildman–Crippen LogP) is 10.2. The van der Waals surface area contributed by atoms with Gasteiger partial charge in [-0.1, -0.05) is 151 Å². The summed E-state index contributed by atoms with van der Waals surface area (Å²) in [5.41, 5.74) is 8.27. The molecule has 1 aromatic heterocycles. The van der Waals surface area contributed by atoms with E-state index in [1.165, 1.54) is 64.8 Å². The second-order valence-electron chi connectivity index (χ2n) is 14.4. The Hall–Kier alpha value is -6.30. The van der Waals surface area contributed by atoms with Gasteiger partial charge in [0.1, 0.15) is 11.2 Å². The van der Waals surface area contributed by atoms with E-state index in [9.17, 15) is 0 Å². The standard InChI is InChI=1S/C49H36N4S/c1-4-12-31(13-5-1)41-30-42(35-22-26-40-39-18-10-11-19-43(39)53(44(40)29-35)37-16-8-3-9-17-37)51-48(50-41)36-23-25-38-34(28-36)21-20-32-24-27-45-47(46(32)38)52-49(54-45)33-14-6-2-7-15-33/h1-21,23-30,35,42,49,52H,22H2,(H,50,51). The highest BCUT2D eigenvalue weighted by Gasteiger charge is 2.28. The summed E-state index contributed by atoms with van der Waals surface area (Å²) in [6, 6.07) is 56.7. The monoisotopic (exact) mass is 712 g/mol. The van der Waals surface area contributed by atoms with Crippen LogP contribution in [-0.2, 0) is 0 Å². The molecule has 0 saturated carbocycles. The van der Waals surface area contributed by atoms with E-state index < -0.39 is 0 Å². The number of hydrogen-bond acceptors (Lipinski definition) is 4. The van der Waals surface area contributed by atoms with Crippen molar-refractivity contribution in [2.24, 2.45) is 10.9 Å². The lowest BCUT2D eigenvalue weighted by Crippen LogP contribution is -2.37. The number of rotatable bonds is 5. The molecular formula is C49H36N4S. The van der Waals surface area contributed by atoms with E-state index in [0.29, 0.717) is 0 Å². The Morgan fingerprint density at radius 1 is 0.648 bits per heavy atom. The highest BCUT2D eigenvalue weighted by Crippen LogP contribution is 2.50. The molecule has 11 rings (SSSR count). The van der Waals surface area contributed by atoms with Crippen molar-refractivity contribution in [2.45, 2.75) is 22.7 Å². The molecule has 2 N–H and O–H groups in total. The molecule has 8 aromatic rings. The molecule has 0 fully saturated rings. The van der Waals surface area contributed by atoms with Gasteiger partial charge in [0, 0.05) is 43.8 Å². The maximum atomic E-state index is 5.50. The zero-order chi connectivity index (χ0) is 35.6. The van der Waals surface area contributed by atoms with Gasteiger partial charge < -0.3 is 15.2 Å². The largest absolute Gasteiger partial charge is 0.368 e. The highest BCUT2D eigenvalue weighted by molar-refractivity contribution is 8.00. The number of benzene rings is 7. The number of nitrogens with zero attached hydrogens (tertiary/aromatic N) is 2. The first-order valence-electron chi connectivity index (χ1n) is 18.7. The van der Waals surface area contributed by atoms with Crippen molar-refractivity contribution in [3.63, 3.8) is 0 Å². The average Bonchev–Trinajstić information content (AvgIpc) is 3.84. The normalized spacial score (nSPS) is 18.9. The first-order chi connectivity index (χ1) is 26.7. The summed E-state index contributed by atoms with van der Waals surface area (Å²) < 4.78 is 2.42. The van der Waals surface area contributed by atoms with Gasteiger partial charge in [-0.3, -0.25) is 4.99 Å². The maximum absolute atomic E-state index is 5.50. The first-order valence-corrected chi connectivity index (χ1v) is 19.6. The molecular weight excluding hydrogens is 677 g/mol. The van der Waals surface area contributed by atoms with Crippen LogP contribution in [0.5, 0.6) is 0 Å². The minimum atomic E-state index is -0.0465. The van der Waals surface area contributed by atoms with Crippen molar-refractivity contribution in [1.29, 1.82) is 0 Å². The van der Waals surface area contributed by atoms with Crippen LogP contribution in [0, 0.1) is 5.92 Å². The molecule has 4 nitrogen and oxygen atoms in total. The molecule has 54 heavy (non-hydrogen) atoms. The number of para-hydroxylation sites is 2. The summed E-state index contributed by atoms with van der Waals surface area (Å²) in [7, 11) is 0. The molecule has 1 aliphatic carbocycles. The van der Waals surface area contributed by atoms with E-state index in [0.717, 1.165) is 29.1 Å². The predicted molar refractivity (Wildman–Crippen MR) is 228 cm³/mol. The molecule has 7 aromatic carbocycles. The van der Waals surface area contributed by atoms with Crippen LogP contribution in [0.4, 0.5) is 5.69 Å². The van der Waals surface area contributed by atoms with Crippen LogP contribution in [0.2, 0.25) is 0 Å². The number of thioether (sulfide) groups is 1. The van der Waals surface area contributed by atoms with Crippen LogP contribution in [0.1, 0.15) is 28.5 Å². The fourth-order valence-corrected chi connectivity index (χ4v) is 9.73. The molecule has 0 bridgehead atoms. The van der Waals surface area contributed by atoms with E-state index in [1.54, 1.807) is 0 Å². The van der Waals surface area contributed by atoms with Crippen LogP contribution >= 0.6 is 11.8 Å². The van der Waals surface area contributed by atoms with E-state index in [-0.39, 0.29) is 17.3 Å². The Bertz CT molecular complexity index is 2950. The third kappa shape index (κ3) is 5.19. The van der Waals surface area contributed by atoms with Crippen LogP contribution in [0.25, 0.3) is 56.0 Å².